The molecule has 7 nitrogen and oxygen atoms in total. The Kier molecular flexibility index (Phi) is 5.42. The van der Waals surface area contributed by atoms with Crippen molar-refractivity contribution < 1.29 is 8.42 Å². The van der Waals surface area contributed by atoms with E-state index in [0.717, 1.165) is 38.0 Å². The van der Waals surface area contributed by atoms with Crippen molar-refractivity contribution in [2.75, 3.05) is 31.2 Å². The number of nitrogens with one attached hydrogen (secondary N) is 2. The smallest absolute Gasteiger partial charge is 0.222 e. The Morgan fingerprint density at radius 3 is 2.96 bits per heavy atom. The molecule has 0 amide bonds. The molecular formula is C15H21N5O2S2. The van der Waals surface area contributed by atoms with Crippen LogP contribution < -0.4 is 10.6 Å². The van der Waals surface area contributed by atoms with Gasteiger partial charge in [0.25, 0.3) is 0 Å². The SMILES string of the molecule is CS(=O)(=O)c1cnc(NCCc2cscn2)nc1[C@H]1CCCNC1. The molecule has 0 spiro atoms. The molecule has 0 saturated carbocycles. The summed E-state index contributed by atoms with van der Waals surface area (Å²) in [6, 6.07) is 0. The van der Waals surface area contributed by atoms with E-state index in [9.17, 15) is 8.42 Å². The fraction of sp³-hybridized carbons (Fsp3) is 0.533. The number of sulfone groups is 1. The van der Waals surface area contributed by atoms with Gasteiger partial charge in [0.1, 0.15) is 4.90 Å². The monoisotopic (exact) mass is 367 g/mol. The van der Waals surface area contributed by atoms with Crippen LogP contribution in [0.2, 0.25) is 0 Å². The van der Waals surface area contributed by atoms with Crippen LogP contribution in [0.25, 0.3) is 0 Å². The lowest BCUT2D eigenvalue weighted by Crippen LogP contribution is -2.30. The first-order chi connectivity index (χ1) is 11.5. The standard InChI is InChI=1S/C15H21N5O2S2/c1-24(21,22)13-8-18-15(17-6-4-12-9-23-10-19-12)20-14(13)11-3-2-5-16-7-11/h8-11,16H,2-7H2,1H3,(H,17,18,20)/t11-/m0/s1. The molecule has 1 aliphatic rings. The lowest BCUT2D eigenvalue weighted by atomic mass is 9.96. The third-order valence-corrected chi connectivity index (χ3v) is 5.76. The van der Waals surface area contributed by atoms with Crippen LogP contribution in [0.3, 0.4) is 0 Å². The molecule has 0 radical (unpaired) electrons. The Labute approximate surface area is 145 Å². The summed E-state index contributed by atoms with van der Waals surface area (Å²) in [5, 5.41) is 8.49. The van der Waals surface area contributed by atoms with Gasteiger partial charge in [0.2, 0.25) is 5.95 Å². The van der Waals surface area contributed by atoms with E-state index >= 15 is 0 Å². The molecule has 1 aliphatic heterocycles. The molecule has 3 rings (SSSR count). The van der Waals surface area contributed by atoms with Gasteiger partial charge in [-0.1, -0.05) is 0 Å². The predicted molar refractivity (Wildman–Crippen MR) is 94.3 cm³/mol. The van der Waals surface area contributed by atoms with Crippen LogP contribution >= 0.6 is 11.3 Å². The van der Waals surface area contributed by atoms with E-state index in [1.165, 1.54) is 12.5 Å². The van der Waals surface area contributed by atoms with Crippen molar-refractivity contribution in [1.29, 1.82) is 0 Å². The predicted octanol–water partition coefficient (Wildman–Crippen LogP) is 1.46. The highest BCUT2D eigenvalue weighted by Gasteiger charge is 2.25. The van der Waals surface area contributed by atoms with Gasteiger partial charge in [0.05, 0.1) is 23.1 Å². The quantitative estimate of drug-likeness (QED) is 0.798. The van der Waals surface area contributed by atoms with Crippen molar-refractivity contribution in [2.45, 2.75) is 30.1 Å². The number of aromatic nitrogens is 3. The molecule has 1 fully saturated rings. The molecule has 2 aromatic heterocycles. The second-order valence-electron chi connectivity index (χ2n) is 5.92. The summed E-state index contributed by atoms with van der Waals surface area (Å²) in [7, 11) is -3.34. The van der Waals surface area contributed by atoms with Crippen molar-refractivity contribution in [3.8, 4) is 0 Å². The van der Waals surface area contributed by atoms with Gasteiger partial charge < -0.3 is 10.6 Å². The summed E-state index contributed by atoms with van der Waals surface area (Å²) in [6.45, 7) is 2.37. The first-order valence-corrected chi connectivity index (χ1v) is 10.8. The number of thiazole rings is 1. The molecule has 2 N–H and O–H groups in total. The van der Waals surface area contributed by atoms with Gasteiger partial charge >= 0.3 is 0 Å². The van der Waals surface area contributed by atoms with Crippen molar-refractivity contribution in [3.63, 3.8) is 0 Å². The van der Waals surface area contributed by atoms with E-state index in [1.54, 1.807) is 16.8 Å². The van der Waals surface area contributed by atoms with Crippen LogP contribution in [0.1, 0.15) is 30.1 Å². The largest absolute Gasteiger partial charge is 0.354 e. The Morgan fingerprint density at radius 2 is 2.29 bits per heavy atom. The van der Waals surface area contributed by atoms with Crippen LogP contribution in [0.4, 0.5) is 5.95 Å². The molecule has 130 valence electrons. The van der Waals surface area contributed by atoms with E-state index in [2.05, 4.69) is 25.6 Å². The maximum Gasteiger partial charge on any atom is 0.222 e. The van der Waals surface area contributed by atoms with E-state index < -0.39 is 9.84 Å². The fourth-order valence-corrected chi connectivity index (χ4v) is 4.23. The molecule has 24 heavy (non-hydrogen) atoms. The minimum absolute atomic E-state index is 0.102. The third kappa shape index (κ3) is 4.28. The molecular weight excluding hydrogens is 346 g/mol. The molecule has 2 aromatic rings. The Balaban J connectivity index is 1.78. The number of nitrogens with zero attached hydrogens (tertiary/aromatic N) is 3. The Bertz CT molecular complexity index is 771. The minimum atomic E-state index is -3.34. The van der Waals surface area contributed by atoms with Crippen LogP contribution in [0.15, 0.2) is 22.0 Å². The summed E-state index contributed by atoms with van der Waals surface area (Å²) in [5.74, 6) is 0.573. The minimum Gasteiger partial charge on any atom is -0.354 e. The summed E-state index contributed by atoms with van der Waals surface area (Å²) >= 11 is 1.57. The van der Waals surface area contributed by atoms with Crippen molar-refractivity contribution in [3.05, 3.63) is 28.5 Å². The van der Waals surface area contributed by atoms with Crippen molar-refractivity contribution in [2.24, 2.45) is 0 Å². The average molecular weight is 368 g/mol. The zero-order valence-electron chi connectivity index (χ0n) is 13.5. The van der Waals surface area contributed by atoms with Crippen LogP contribution in [0, 0.1) is 0 Å². The second kappa shape index (κ2) is 7.54. The van der Waals surface area contributed by atoms with Gasteiger partial charge in [0, 0.05) is 37.1 Å². The van der Waals surface area contributed by atoms with Crippen LogP contribution in [-0.2, 0) is 16.3 Å². The van der Waals surface area contributed by atoms with E-state index in [-0.39, 0.29) is 10.8 Å². The van der Waals surface area contributed by atoms with Gasteiger partial charge in [-0.25, -0.2) is 23.4 Å². The normalized spacial score (nSPS) is 18.5. The summed E-state index contributed by atoms with van der Waals surface area (Å²) in [6.07, 6.45) is 5.37. The highest BCUT2D eigenvalue weighted by Crippen LogP contribution is 2.27. The summed E-state index contributed by atoms with van der Waals surface area (Å²) < 4.78 is 24.1. The van der Waals surface area contributed by atoms with Gasteiger partial charge in [-0.05, 0) is 19.4 Å². The van der Waals surface area contributed by atoms with E-state index in [1.807, 2.05) is 5.38 Å². The van der Waals surface area contributed by atoms with Crippen molar-refractivity contribution >= 4 is 27.1 Å². The summed E-state index contributed by atoms with van der Waals surface area (Å²) in [5.41, 5.74) is 3.45. The number of hydrogen-bond donors (Lipinski definition) is 2. The average Bonchev–Trinajstić information content (AvgIpc) is 3.08. The highest BCUT2D eigenvalue weighted by atomic mass is 32.2. The highest BCUT2D eigenvalue weighted by molar-refractivity contribution is 7.90. The van der Waals surface area contributed by atoms with Gasteiger partial charge in [0.15, 0.2) is 9.84 Å². The molecule has 1 saturated heterocycles. The molecule has 1 atom stereocenters. The van der Waals surface area contributed by atoms with Gasteiger partial charge in [-0.15, -0.1) is 11.3 Å². The topological polar surface area (TPSA) is 96.9 Å². The summed E-state index contributed by atoms with van der Waals surface area (Å²) in [4.78, 5) is 13.2. The molecule has 9 heteroatoms. The maximum atomic E-state index is 12.0. The molecule has 0 unspecified atom stereocenters. The zero-order valence-corrected chi connectivity index (χ0v) is 15.2. The van der Waals surface area contributed by atoms with Crippen molar-refractivity contribution in [1.82, 2.24) is 20.3 Å². The maximum absolute atomic E-state index is 12.0. The first kappa shape index (κ1) is 17.2. The van der Waals surface area contributed by atoms with Crippen LogP contribution in [-0.4, -0.2) is 49.3 Å². The zero-order chi connectivity index (χ0) is 17.0. The molecule has 0 bridgehead atoms. The number of rotatable bonds is 6. The van der Waals surface area contributed by atoms with E-state index in [0.29, 0.717) is 18.2 Å². The fourth-order valence-electron chi connectivity index (χ4n) is 2.80. The van der Waals surface area contributed by atoms with Crippen LogP contribution in [0.5, 0.6) is 0 Å². The number of anilines is 1. The van der Waals surface area contributed by atoms with Gasteiger partial charge in [-0.2, -0.15) is 0 Å². The first-order valence-electron chi connectivity index (χ1n) is 7.92. The molecule has 0 aliphatic carbocycles. The van der Waals surface area contributed by atoms with E-state index in [4.69, 9.17) is 0 Å². The third-order valence-electron chi connectivity index (χ3n) is 4.01. The lowest BCUT2D eigenvalue weighted by Gasteiger charge is -2.24. The lowest BCUT2D eigenvalue weighted by molar-refractivity contribution is 0.448. The van der Waals surface area contributed by atoms with Gasteiger partial charge in [-0.3, -0.25) is 0 Å². The molecule has 3 heterocycles. The Morgan fingerprint density at radius 1 is 1.42 bits per heavy atom. The molecule has 0 aromatic carbocycles. The number of hydrogen-bond acceptors (Lipinski definition) is 8. The number of piperidine rings is 1. The second-order valence-corrected chi connectivity index (χ2v) is 8.62. The Hall–Kier alpha value is -1.58.